The lowest BCUT2D eigenvalue weighted by atomic mass is 9.97. The number of ether oxygens (including phenoxy) is 2. The van der Waals surface area contributed by atoms with Crippen LogP contribution in [0.25, 0.3) is 33.4 Å². The number of rotatable bonds is 9. The monoisotopic (exact) mass is 613 g/mol. The number of nitrogens with zero attached hydrogens (tertiary/aromatic N) is 2. The number of pyridine rings is 2. The predicted molar refractivity (Wildman–Crippen MR) is 168 cm³/mol. The number of halogens is 3. The molecule has 45 heavy (non-hydrogen) atoms. The van der Waals surface area contributed by atoms with Gasteiger partial charge in [-0.2, -0.15) is 13.2 Å². The second-order valence-electron chi connectivity index (χ2n) is 10.6. The zero-order valence-corrected chi connectivity index (χ0v) is 24.8. The number of hydrogen-bond acceptors (Lipinski definition) is 6. The molecule has 0 spiro atoms. The Labute approximate surface area is 257 Å². The highest BCUT2D eigenvalue weighted by Gasteiger charge is 2.29. The van der Waals surface area contributed by atoms with E-state index in [0.717, 1.165) is 39.2 Å². The lowest BCUT2D eigenvalue weighted by molar-refractivity contribution is -0.140. The molecule has 2 heterocycles. The van der Waals surface area contributed by atoms with Gasteiger partial charge in [0.1, 0.15) is 12.4 Å². The summed E-state index contributed by atoms with van der Waals surface area (Å²) in [6, 6.07) is 21.2. The molecule has 0 fully saturated rings. The van der Waals surface area contributed by atoms with E-state index >= 15 is 0 Å². The number of nitrogens with two attached hydrogens (primary N) is 1. The highest BCUT2D eigenvalue weighted by molar-refractivity contribution is 5.98. The van der Waals surface area contributed by atoms with Crippen molar-refractivity contribution in [2.75, 3.05) is 20.0 Å². The van der Waals surface area contributed by atoms with Crippen LogP contribution in [0.3, 0.4) is 0 Å². The molecular weight excluding hydrogens is 583 g/mol. The summed E-state index contributed by atoms with van der Waals surface area (Å²) in [5, 5.41) is 0. The van der Waals surface area contributed by atoms with Crippen molar-refractivity contribution in [3.63, 3.8) is 0 Å². The lowest BCUT2D eigenvalue weighted by Gasteiger charge is -2.14. The van der Waals surface area contributed by atoms with Gasteiger partial charge in [0, 0.05) is 41.7 Å². The number of aromatic nitrogens is 2. The molecule has 3 aromatic carbocycles. The van der Waals surface area contributed by atoms with Gasteiger partial charge in [-0.3, -0.25) is 9.59 Å². The second kappa shape index (κ2) is 12.7. The first-order valence-electron chi connectivity index (χ1n) is 13.9. The van der Waals surface area contributed by atoms with Gasteiger partial charge >= 0.3 is 6.18 Å². The third-order valence-electron chi connectivity index (χ3n) is 7.37. The Balaban J connectivity index is 1.43. The molecule has 0 saturated heterocycles. The van der Waals surface area contributed by atoms with Gasteiger partial charge in [-0.05, 0) is 47.4 Å². The third kappa shape index (κ3) is 7.06. The maximum Gasteiger partial charge on any atom is 0.406 e. The summed E-state index contributed by atoms with van der Waals surface area (Å²) in [6.07, 6.45) is -0.943. The second-order valence-corrected chi connectivity index (χ2v) is 10.6. The Hall–Kier alpha value is -5.38. The van der Waals surface area contributed by atoms with Crippen LogP contribution in [0.5, 0.6) is 11.5 Å². The number of hydrogen-bond donors (Lipinski definition) is 1. The van der Waals surface area contributed by atoms with Crippen molar-refractivity contribution in [2.45, 2.75) is 26.1 Å². The van der Waals surface area contributed by atoms with E-state index in [1.54, 1.807) is 75.0 Å². The molecule has 7 nitrogen and oxygen atoms in total. The molecule has 2 N–H and O–H groups in total. The van der Waals surface area contributed by atoms with Gasteiger partial charge in [0.15, 0.2) is 22.7 Å². The van der Waals surface area contributed by atoms with E-state index in [-0.39, 0.29) is 17.5 Å². The first-order valence-corrected chi connectivity index (χ1v) is 13.9. The van der Waals surface area contributed by atoms with Crippen molar-refractivity contribution in [2.24, 2.45) is 0 Å². The van der Waals surface area contributed by atoms with Gasteiger partial charge < -0.3 is 19.8 Å². The highest BCUT2D eigenvalue weighted by atomic mass is 19.4. The van der Waals surface area contributed by atoms with E-state index in [9.17, 15) is 22.8 Å². The Morgan fingerprint density at radius 3 is 2.09 bits per heavy atom. The van der Waals surface area contributed by atoms with Crippen LogP contribution >= 0.6 is 0 Å². The van der Waals surface area contributed by atoms with Gasteiger partial charge in [0.05, 0.1) is 19.8 Å². The van der Waals surface area contributed by atoms with Crippen LogP contribution in [0.15, 0.2) is 96.2 Å². The molecule has 5 aromatic rings. The molecule has 0 atom stereocenters. The fourth-order valence-corrected chi connectivity index (χ4v) is 5.03. The molecule has 0 aliphatic heterocycles. The van der Waals surface area contributed by atoms with E-state index in [0.29, 0.717) is 34.0 Å². The first-order chi connectivity index (χ1) is 21.5. The molecule has 230 valence electrons. The summed E-state index contributed by atoms with van der Waals surface area (Å²) in [7, 11) is 3.11. The molecule has 0 bridgehead atoms. The normalized spacial score (nSPS) is 11.3. The molecule has 0 unspecified atom stereocenters. The van der Waals surface area contributed by atoms with Crippen molar-refractivity contribution in [3.05, 3.63) is 118 Å². The third-order valence-corrected chi connectivity index (χ3v) is 7.37. The van der Waals surface area contributed by atoms with Crippen molar-refractivity contribution < 1.29 is 27.4 Å². The van der Waals surface area contributed by atoms with Gasteiger partial charge in [-0.15, -0.1) is 0 Å². The number of carbonyl (C=O) groups excluding carboxylic acids is 1. The summed E-state index contributed by atoms with van der Waals surface area (Å²) in [6.45, 7) is 0.524. The van der Waals surface area contributed by atoms with Crippen LogP contribution in [0.1, 0.15) is 21.5 Å². The van der Waals surface area contributed by atoms with Crippen LogP contribution < -0.4 is 20.6 Å². The fourth-order valence-electron chi connectivity index (χ4n) is 5.03. The van der Waals surface area contributed by atoms with E-state index in [2.05, 4.69) is 4.98 Å². The first kappa shape index (κ1) is 31.1. The number of aryl methyl sites for hydroxylation is 1. The van der Waals surface area contributed by atoms with Gasteiger partial charge in [-0.1, -0.05) is 60.2 Å². The number of methoxy groups -OCH3 is 2. The van der Waals surface area contributed by atoms with E-state index in [1.807, 2.05) is 25.1 Å². The standard InChI is InChI=1S/C35H30F3N3O4/c1-21-4-8-24(9-5-21)28-18-41(20-35(36,37)38)19-29(33(28)43)30(42)14-22-6-10-23(11-7-22)27-15-26(17-40-34(27)39)25-12-13-31(44-2)32(16-25)45-3/h4-13,15-19H,14,20H2,1-3H3,(H2,39,40). The summed E-state index contributed by atoms with van der Waals surface area (Å²) in [5.41, 5.74) is 10.3. The molecule has 5 rings (SSSR count). The lowest BCUT2D eigenvalue weighted by Crippen LogP contribution is -2.24. The van der Waals surface area contributed by atoms with Crippen molar-refractivity contribution >= 4 is 11.6 Å². The van der Waals surface area contributed by atoms with Gasteiger partial charge in [0.2, 0.25) is 0 Å². The maximum atomic E-state index is 13.4. The minimum Gasteiger partial charge on any atom is -0.493 e. The molecule has 0 aliphatic rings. The van der Waals surface area contributed by atoms with Crippen LogP contribution in [0.4, 0.5) is 19.0 Å². The molecule has 2 aromatic heterocycles. The van der Waals surface area contributed by atoms with Crippen LogP contribution in [0.2, 0.25) is 0 Å². The maximum absolute atomic E-state index is 13.4. The van der Waals surface area contributed by atoms with Crippen molar-refractivity contribution in [3.8, 4) is 44.9 Å². The quantitative estimate of drug-likeness (QED) is 0.178. The number of anilines is 1. The largest absolute Gasteiger partial charge is 0.493 e. The summed E-state index contributed by atoms with van der Waals surface area (Å²) >= 11 is 0. The average Bonchev–Trinajstić information content (AvgIpc) is 3.02. The van der Waals surface area contributed by atoms with E-state index < -0.39 is 23.9 Å². The number of alkyl halides is 3. The number of carbonyl (C=O) groups is 1. The number of Topliss-reactive ketones (excluding diaryl/α,β-unsaturated/α-hetero) is 1. The Kier molecular flexibility index (Phi) is 8.76. The number of ketones is 1. The zero-order chi connectivity index (χ0) is 32.3. The minimum absolute atomic E-state index is 0.0257. The molecule has 0 radical (unpaired) electrons. The minimum atomic E-state index is -4.54. The Morgan fingerprint density at radius 2 is 1.44 bits per heavy atom. The predicted octanol–water partition coefficient (Wildman–Crippen LogP) is 7.14. The highest BCUT2D eigenvalue weighted by Crippen LogP contribution is 2.35. The smallest absolute Gasteiger partial charge is 0.406 e. The van der Waals surface area contributed by atoms with E-state index in [4.69, 9.17) is 15.2 Å². The SMILES string of the molecule is COc1ccc(-c2cnc(N)c(-c3ccc(CC(=O)c4cn(CC(F)(F)F)cc(-c5ccc(C)cc5)c4=O)cc3)c2)cc1OC. The number of benzene rings is 3. The average molecular weight is 614 g/mol. The van der Waals surface area contributed by atoms with Crippen molar-refractivity contribution in [1.82, 2.24) is 9.55 Å². The van der Waals surface area contributed by atoms with E-state index in [1.165, 1.54) is 0 Å². The summed E-state index contributed by atoms with van der Waals surface area (Å²) in [5.74, 6) is 0.878. The molecular formula is C35H30F3N3O4. The summed E-state index contributed by atoms with van der Waals surface area (Å²) < 4.78 is 51.5. The van der Waals surface area contributed by atoms with Gasteiger partial charge in [-0.25, -0.2) is 4.98 Å². The number of nitrogen functional groups attached to an aromatic ring is 1. The fraction of sp³-hybridized carbons (Fsp3) is 0.171. The molecule has 0 aliphatic carbocycles. The topological polar surface area (TPSA) is 96.4 Å². The Bertz CT molecular complexity index is 1920. The van der Waals surface area contributed by atoms with Crippen LogP contribution in [-0.2, 0) is 13.0 Å². The molecule has 0 saturated carbocycles. The molecule has 10 heteroatoms. The molecule has 0 amide bonds. The van der Waals surface area contributed by atoms with Crippen molar-refractivity contribution in [1.29, 1.82) is 0 Å². The Morgan fingerprint density at radius 1 is 0.822 bits per heavy atom. The zero-order valence-electron chi connectivity index (χ0n) is 24.8. The van der Waals surface area contributed by atoms with Gasteiger partial charge in [0.25, 0.3) is 0 Å². The summed E-state index contributed by atoms with van der Waals surface area (Å²) in [4.78, 5) is 31.1. The van der Waals surface area contributed by atoms with Crippen LogP contribution in [-0.4, -0.2) is 35.7 Å². The van der Waals surface area contributed by atoms with Crippen LogP contribution in [0, 0.1) is 6.92 Å².